The van der Waals surface area contributed by atoms with Gasteiger partial charge < -0.3 is 15.0 Å². The van der Waals surface area contributed by atoms with Crippen molar-refractivity contribution in [2.75, 3.05) is 6.61 Å². The van der Waals surface area contributed by atoms with E-state index in [4.69, 9.17) is 4.74 Å². The van der Waals surface area contributed by atoms with Gasteiger partial charge in [-0.1, -0.05) is 42.5 Å². The fraction of sp³-hybridized carbons (Fsp3) is 0.259. The molecular weight excluding hydrogens is 546 g/mol. The zero-order valence-electron chi connectivity index (χ0n) is 19.2. The quantitative estimate of drug-likeness (QED) is 0.348. The topological polar surface area (TPSA) is 58.6 Å². The first-order valence-corrected chi connectivity index (χ1v) is 12.2. The summed E-state index contributed by atoms with van der Waals surface area (Å²) in [6.07, 6.45) is 0.343. The van der Waals surface area contributed by atoms with Crippen LogP contribution < -0.4 is 10.1 Å². The Bertz CT molecular complexity index is 1070. The molecule has 0 aromatic heterocycles. The van der Waals surface area contributed by atoms with Gasteiger partial charge >= 0.3 is 0 Å². The van der Waals surface area contributed by atoms with Crippen molar-refractivity contribution in [3.8, 4) is 5.75 Å². The first kappa shape index (κ1) is 25.7. The minimum absolute atomic E-state index is 0.0865. The van der Waals surface area contributed by atoms with Gasteiger partial charge in [0.05, 0.1) is 0 Å². The molecule has 3 rings (SSSR count). The van der Waals surface area contributed by atoms with Crippen LogP contribution in [0.2, 0.25) is 0 Å². The number of ether oxygens (including phenoxy) is 1. The number of carbonyl (C=O) groups excluding carboxylic acids is 2. The molecule has 0 fully saturated rings. The number of hydrogen-bond acceptors (Lipinski definition) is 3. The van der Waals surface area contributed by atoms with Crippen LogP contribution in [0.4, 0.5) is 4.39 Å². The van der Waals surface area contributed by atoms with Crippen molar-refractivity contribution in [1.29, 1.82) is 0 Å². The molecule has 0 bridgehead atoms. The van der Waals surface area contributed by atoms with Gasteiger partial charge in [-0.05, 0) is 84.0 Å². The lowest BCUT2D eigenvalue weighted by molar-refractivity contribution is -0.143. The molecule has 34 heavy (non-hydrogen) atoms. The molecule has 2 amide bonds. The first-order chi connectivity index (χ1) is 16.3. The number of rotatable bonds is 10. The molecule has 0 saturated carbocycles. The molecule has 0 aliphatic heterocycles. The standard InChI is InChI=1S/C27H28FIN2O3/c1-19(2)30-27(33)25(16-20-6-4-3-5-7-20)31(17-21-8-10-22(28)11-9-21)26(32)18-34-24-14-12-23(29)13-15-24/h3-15,19,25H,16-18H2,1-2H3,(H,30,33)/t25-/m0/s1. The van der Waals surface area contributed by atoms with Gasteiger partial charge in [0.15, 0.2) is 6.61 Å². The fourth-order valence-electron chi connectivity index (χ4n) is 3.48. The van der Waals surface area contributed by atoms with Crippen molar-refractivity contribution in [1.82, 2.24) is 10.2 Å². The van der Waals surface area contributed by atoms with Crippen molar-refractivity contribution in [3.63, 3.8) is 0 Å². The van der Waals surface area contributed by atoms with Crippen molar-refractivity contribution < 1.29 is 18.7 Å². The van der Waals surface area contributed by atoms with Crippen LogP contribution in [0.1, 0.15) is 25.0 Å². The van der Waals surface area contributed by atoms with Gasteiger partial charge in [0, 0.05) is 22.6 Å². The van der Waals surface area contributed by atoms with E-state index in [-0.39, 0.29) is 36.8 Å². The summed E-state index contributed by atoms with van der Waals surface area (Å²) in [4.78, 5) is 28.2. The molecule has 1 N–H and O–H groups in total. The Morgan fingerprint density at radius 2 is 1.59 bits per heavy atom. The Kier molecular flexibility index (Phi) is 9.44. The van der Waals surface area contributed by atoms with Crippen LogP contribution >= 0.6 is 22.6 Å². The van der Waals surface area contributed by atoms with E-state index in [1.807, 2.05) is 56.3 Å². The molecule has 5 nitrogen and oxygen atoms in total. The molecule has 1 atom stereocenters. The van der Waals surface area contributed by atoms with E-state index in [9.17, 15) is 14.0 Å². The van der Waals surface area contributed by atoms with Crippen LogP contribution in [0.3, 0.4) is 0 Å². The van der Waals surface area contributed by atoms with Gasteiger partial charge in [-0.2, -0.15) is 0 Å². The van der Waals surface area contributed by atoms with Crippen molar-refractivity contribution in [3.05, 3.63) is 99.4 Å². The number of benzene rings is 3. The highest BCUT2D eigenvalue weighted by Gasteiger charge is 2.31. The van der Waals surface area contributed by atoms with Crippen molar-refractivity contribution in [2.45, 2.75) is 38.9 Å². The van der Waals surface area contributed by atoms with E-state index in [1.54, 1.807) is 24.3 Å². The maximum Gasteiger partial charge on any atom is 0.261 e. The minimum atomic E-state index is -0.761. The molecule has 178 valence electrons. The third kappa shape index (κ3) is 7.83. The van der Waals surface area contributed by atoms with Crippen LogP contribution in [-0.4, -0.2) is 35.4 Å². The molecule has 0 heterocycles. The lowest BCUT2D eigenvalue weighted by Crippen LogP contribution is -2.52. The number of halogens is 2. The predicted molar refractivity (Wildman–Crippen MR) is 139 cm³/mol. The summed E-state index contributed by atoms with van der Waals surface area (Å²) in [6.45, 7) is 3.69. The number of nitrogens with zero attached hydrogens (tertiary/aromatic N) is 1. The minimum Gasteiger partial charge on any atom is -0.484 e. The van der Waals surface area contributed by atoms with E-state index in [2.05, 4.69) is 27.9 Å². The Labute approximate surface area is 213 Å². The van der Waals surface area contributed by atoms with Crippen LogP contribution in [0.5, 0.6) is 5.75 Å². The van der Waals surface area contributed by atoms with E-state index in [1.165, 1.54) is 17.0 Å². The van der Waals surface area contributed by atoms with Crippen LogP contribution in [0, 0.1) is 9.39 Å². The second-order valence-corrected chi connectivity index (χ2v) is 9.51. The van der Waals surface area contributed by atoms with Gasteiger partial charge in [0.2, 0.25) is 5.91 Å². The van der Waals surface area contributed by atoms with Gasteiger partial charge in [0.1, 0.15) is 17.6 Å². The Morgan fingerprint density at radius 3 is 2.21 bits per heavy atom. The second-order valence-electron chi connectivity index (χ2n) is 8.26. The van der Waals surface area contributed by atoms with E-state index in [0.717, 1.165) is 14.7 Å². The molecule has 0 aliphatic rings. The normalized spacial score (nSPS) is 11.7. The maximum absolute atomic E-state index is 13.5. The number of hydrogen-bond donors (Lipinski definition) is 1. The van der Waals surface area contributed by atoms with Crippen LogP contribution in [0.25, 0.3) is 0 Å². The van der Waals surface area contributed by atoms with Crippen molar-refractivity contribution in [2.24, 2.45) is 0 Å². The second kappa shape index (κ2) is 12.5. The number of carbonyl (C=O) groups is 2. The van der Waals surface area contributed by atoms with E-state index < -0.39 is 6.04 Å². The number of amides is 2. The lowest BCUT2D eigenvalue weighted by Gasteiger charge is -2.32. The highest BCUT2D eigenvalue weighted by molar-refractivity contribution is 14.1. The van der Waals surface area contributed by atoms with Crippen molar-refractivity contribution >= 4 is 34.4 Å². The third-order valence-electron chi connectivity index (χ3n) is 5.14. The molecule has 0 spiro atoms. The Hall–Kier alpha value is -2.94. The summed E-state index contributed by atoms with van der Waals surface area (Å²) >= 11 is 2.20. The summed E-state index contributed by atoms with van der Waals surface area (Å²) in [5.74, 6) is -0.366. The summed E-state index contributed by atoms with van der Waals surface area (Å²) < 4.78 is 20.3. The Morgan fingerprint density at radius 1 is 0.941 bits per heavy atom. The van der Waals surface area contributed by atoms with Gasteiger partial charge in [-0.25, -0.2) is 4.39 Å². The van der Waals surface area contributed by atoms with Crippen LogP contribution in [-0.2, 0) is 22.6 Å². The average Bonchev–Trinajstić information content (AvgIpc) is 2.82. The third-order valence-corrected chi connectivity index (χ3v) is 5.86. The maximum atomic E-state index is 13.5. The zero-order valence-corrected chi connectivity index (χ0v) is 21.4. The summed E-state index contributed by atoms with van der Waals surface area (Å²) in [6, 6.07) is 22.0. The molecule has 0 radical (unpaired) electrons. The summed E-state index contributed by atoms with van der Waals surface area (Å²) in [5, 5.41) is 2.94. The molecule has 0 unspecified atom stereocenters. The average molecular weight is 574 g/mol. The summed E-state index contributed by atoms with van der Waals surface area (Å²) in [5.41, 5.74) is 1.65. The molecular formula is C27H28FIN2O3. The molecule has 0 aliphatic carbocycles. The van der Waals surface area contributed by atoms with E-state index in [0.29, 0.717) is 12.2 Å². The monoisotopic (exact) mass is 574 g/mol. The number of nitrogens with one attached hydrogen (secondary N) is 1. The summed E-state index contributed by atoms with van der Waals surface area (Å²) in [7, 11) is 0. The molecule has 3 aromatic rings. The predicted octanol–water partition coefficient (Wildman–Crippen LogP) is 4.97. The largest absolute Gasteiger partial charge is 0.484 e. The SMILES string of the molecule is CC(C)NC(=O)[C@H](Cc1ccccc1)N(Cc1ccc(F)cc1)C(=O)COc1ccc(I)cc1. The van der Waals surface area contributed by atoms with Crippen LogP contribution in [0.15, 0.2) is 78.9 Å². The Balaban J connectivity index is 1.89. The fourth-order valence-corrected chi connectivity index (χ4v) is 3.84. The smallest absolute Gasteiger partial charge is 0.261 e. The molecule has 3 aromatic carbocycles. The first-order valence-electron chi connectivity index (χ1n) is 11.1. The lowest BCUT2D eigenvalue weighted by atomic mass is 10.0. The van der Waals surface area contributed by atoms with E-state index >= 15 is 0 Å². The van der Waals surface area contributed by atoms with Gasteiger partial charge in [-0.3, -0.25) is 9.59 Å². The zero-order chi connectivity index (χ0) is 24.5. The highest BCUT2D eigenvalue weighted by Crippen LogP contribution is 2.17. The highest BCUT2D eigenvalue weighted by atomic mass is 127. The molecule has 0 saturated heterocycles. The molecule has 7 heteroatoms. The van der Waals surface area contributed by atoms with Gasteiger partial charge in [0.25, 0.3) is 5.91 Å². The van der Waals surface area contributed by atoms with Gasteiger partial charge in [-0.15, -0.1) is 0 Å².